The first-order chi connectivity index (χ1) is 12.8. The number of aromatic nitrogens is 2. The van der Waals surface area contributed by atoms with E-state index in [1.54, 1.807) is 19.2 Å². The van der Waals surface area contributed by atoms with Crippen molar-refractivity contribution in [3.63, 3.8) is 0 Å². The van der Waals surface area contributed by atoms with Gasteiger partial charge in [0, 0.05) is 11.6 Å². The number of hydrogen-bond donors (Lipinski definition) is 1. The maximum Gasteiger partial charge on any atom is 0.422 e. The van der Waals surface area contributed by atoms with Crippen LogP contribution in [0.5, 0.6) is 5.75 Å². The molecule has 8 heteroatoms. The van der Waals surface area contributed by atoms with Crippen LogP contribution in [0.1, 0.15) is 29.1 Å². The highest BCUT2D eigenvalue weighted by Gasteiger charge is 2.28. The highest BCUT2D eigenvalue weighted by Crippen LogP contribution is 2.20. The van der Waals surface area contributed by atoms with E-state index >= 15 is 0 Å². The van der Waals surface area contributed by atoms with Crippen LogP contribution in [0.2, 0.25) is 0 Å². The van der Waals surface area contributed by atoms with Crippen molar-refractivity contribution in [2.45, 2.75) is 19.1 Å². The Morgan fingerprint density at radius 3 is 2.52 bits per heavy atom. The molecular formula is C19H16F3N3O2. The summed E-state index contributed by atoms with van der Waals surface area (Å²) in [6.45, 7) is 0.339. The third-order valence-corrected chi connectivity index (χ3v) is 3.82. The van der Waals surface area contributed by atoms with Crippen LogP contribution < -0.4 is 10.1 Å². The molecule has 0 bridgehead atoms. The fraction of sp³-hybridized carbons (Fsp3) is 0.211. The van der Waals surface area contributed by atoms with Gasteiger partial charge in [-0.25, -0.2) is 0 Å². The zero-order valence-corrected chi connectivity index (χ0v) is 14.3. The summed E-state index contributed by atoms with van der Waals surface area (Å²) in [7, 11) is 0. The molecule has 1 unspecified atom stereocenters. The van der Waals surface area contributed by atoms with Crippen molar-refractivity contribution in [1.82, 2.24) is 15.3 Å². The number of benzene rings is 1. The maximum absolute atomic E-state index is 12.4. The second-order valence-electron chi connectivity index (χ2n) is 5.93. The average Bonchev–Trinajstić information content (AvgIpc) is 2.65. The van der Waals surface area contributed by atoms with Crippen molar-refractivity contribution in [3.05, 3.63) is 66.2 Å². The van der Waals surface area contributed by atoms with E-state index < -0.39 is 18.8 Å². The molecule has 0 radical (unpaired) electrons. The number of ether oxygens (including phenoxy) is 1. The molecule has 1 atom stereocenters. The minimum Gasteiger partial charge on any atom is -0.483 e. The van der Waals surface area contributed by atoms with Crippen LogP contribution in [0, 0.1) is 0 Å². The number of fused-ring (bicyclic) bond motifs is 1. The maximum atomic E-state index is 12.4. The Morgan fingerprint density at radius 2 is 1.85 bits per heavy atom. The van der Waals surface area contributed by atoms with Gasteiger partial charge in [0.25, 0.3) is 5.91 Å². The minimum absolute atomic E-state index is 0.00537. The van der Waals surface area contributed by atoms with E-state index in [0.29, 0.717) is 5.69 Å². The van der Waals surface area contributed by atoms with Crippen molar-refractivity contribution in [1.29, 1.82) is 0 Å². The van der Waals surface area contributed by atoms with E-state index in [2.05, 4.69) is 20.0 Å². The molecular weight excluding hydrogens is 359 g/mol. The van der Waals surface area contributed by atoms with Crippen molar-refractivity contribution < 1.29 is 22.7 Å². The van der Waals surface area contributed by atoms with Crippen molar-refractivity contribution in [3.8, 4) is 5.75 Å². The zero-order valence-electron chi connectivity index (χ0n) is 14.3. The number of hydrogen-bond acceptors (Lipinski definition) is 4. The van der Waals surface area contributed by atoms with Gasteiger partial charge in [-0.05, 0) is 30.5 Å². The topological polar surface area (TPSA) is 64.1 Å². The quantitative estimate of drug-likeness (QED) is 0.730. The number of pyridine rings is 2. The van der Waals surface area contributed by atoms with Crippen LogP contribution in [0.3, 0.4) is 0 Å². The third-order valence-electron chi connectivity index (χ3n) is 3.82. The number of nitrogens with one attached hydrogen (secondary N) is 1. The molecule has 2 heterocycles. The van der Waals surface area contributed by atoms with Crippen LogP contribution >= 0.6 is 0 Å². The largest absolute Gasteiger partial charge is 0.483 e. The lowest BCUT2D eigenvalue weighted by Gasteiger charge is -2.14. The van der Waals surface area contributed by atoms with Gasteiger partial charge < -0.3 is 10.1 Å². The number of alkyl halides is 3. The Bertz CT molecular complexity index is 943. The lowest BCUT2D eigenvalue weighted by atomic mass is 10.1. The van der Waals surface area contributed by atoms with Crippen LogP contribution in [0.4, 0.5) is 13.2 Å². The first kappa shape index (κ1) is 18.6. The number of amides is 1. The Kier molecular flexibility index (Phi) is 5.25. The summed E-state index contributed by atoms with van der Waals surface area (Å²) in [5.74, 6) is -0.363. The molecule has 0 fully saturated rings. The van der Waals surface area contributed by atoms with Gasteiger partial charge >= 0.3 is 6.18 Å². The Balaban J connectivity index is 1.65. The zero-order chi connectivity index (χ0) is 19.4. The monoisotopic (exact) mass is 375 g/mol. The van der Waals surface area contributed by atoms with Crippen LogP contribution in [-0.2, 0) is 0 Å². The van der Waals surface area contributed by atoms with Gasteiger partial charge in [-0.1, -0.05) is 24.3 Å². The van der Waals surface area contributed by atoms with E-state index in [1.165, 1.54) is 18.3 Å². The summed E-state index contributed by atoms with van der Waals surface area (Å²) in [5, 5.41) is 4.59. The summed E-state index contributed by atoms with van der Waals surface area (Å²) in [5.41, 5.74) is 0.758. The predicted octanol–water partition coefficient (Wildman–Crippen LogP) is 4.06. The van der Waals surface area contributed by atoms with Gasteiger partial charge in [-0.15, -0.1) is 0 Å². The van der Waals surface area contributed by atoms with Gasteiger partial charge in [0.15, 0.2) is 6.61 Å². The standard InChI is InChI=1S/C19H16F3N3O2/c1-12(16-7-6-15(10-24-16)27-11-19(20,21)22)25-18(26)17-8-13-4-2-3-5-14(13)9-23-17/h2-10,12H,11H2,1H3,(H,25,26). The van der Waals surface area contributed by atoms with E-state index in [1.807, 2.05) is 24.3 Å². The Hall–Kier alpha value is -3.16. The molecule has 140 valence electrons. The van der Waals surface area contributed by atoms with Gasteiger partial charge in [0.05, 0.1) is 17.9 Å². The fourth-order valence-corrected chi connectivity index (χ4v) is 2.45. The Labute approximate surface area is 153 Å². The first-order valence-corrected chi connectivity index (χ1v) is 8.13. The second-order valence-corrected chi connectivity index (χ2v) is 5.93. The molecule has 1 N–H and O–H groups in total. The van der Waals surface area contributed by atoms with Crippen LogP contribution in [0.25, 0.3) is 10.8 Å². The first-order valence-electron chi connectivity index (χ1n) is 8.13. The number of halogens is 3. The molecule has 27 heavy (non-hydrogen) atoms. The molecule has 5 nitrogen and oxygen atoms in total. The molecule has 3 rings (SSSR count). The summed E-state index contributed by atoms with van der Waals surface area (Å²) in [4.78, 5) is 20.6. The smallest absolute Gasteiger partial charge is 0.422 e. The van der Waals surface area contributed by atoms with Crippen molar-refractivity contribution in [2.75, 3.05) is 6.61 Å². The van der Waals surface area contributed by atoms with Gasteiger partial charge in [-0.3, -0.25) is 14.8 Å². The molecule has 0 saturated heterocycles. The normalized spacial score (nSPS) is 12.6. The van der Waals surface area contributed by atoms with E-state index in [-0.39, 0.29) is 17.4 Å². The lowest BCUT2D eigenvalue weighted by molar-refractivity contribution is -0.153. The van der Waals surface area contributed by atoms with Crippen LogP contribution in [0.15, 0.2) is 54.9 Å². The number of nitrogens with zero attached hydrogens (tertiary/aromatic N) is 2. The van der Waals surface area contributed by atoms with Gasteiger partial charge in [0.2, 0.25) is 0 Å². The predicted molar refractivity (Wildman–Crippen MR) is 93.4 cm³/mol. The summed E-state index contributed by atoms with van der Waals surface area (Å²) >= 11 is 0. The average molecular weight is 375 g/mol. The lowest BCUT2D eigenvalue weighted by Crippen LogP contribution is -2.28. The van der Waals surface area contributed by atoms with Gasteiger partial charge in [0.1, 0.15) is 11.4 Å². The molecule has 0 aliphatic rings. The molecule has 1 aromatic carbocycles. The van der Waals surface area contributed by atoms with Crippen LogP contribution in [-0.4, -0.2) is 28.7 Å². The molecule has 3 aromatic rings. The van der Waals surface area contributed by atoms with Crippen molar-refractivity contribution >= 4 is 16.7 Å². The number of carbonyl (C=O) groups excluding carboxylic acids is 1. The SMILES string of the molecule is CC(NC(=O)c1cc2ccccc2cn1)c1ccc(OCC(F)(F)F)cn1. The van der Waals surface area contributed by atoms with E-state index in [9.17, 15) is 18.0 Å². The fourth-order valence-electron chi connectivity index (χ4n) is 2.45. The molecule has 0 aliphatic carbocycles. The van der Waals surface area contributed by atoms with E-state index in [0.717, 1.165) is 10.8 Å². The van der Waals surface area contributed by atoms with E-state index in [4.69, 9.17) is 0 Å². The summed E-state index contributed by atoms with van der Waals surface area (Å²) in [6, 6.07) is 11.7. The molecule has 0 spiro atoms. The third kappa shape index (κ3) is 4.93. The number of carbonyl (C=O) groups is 1. The molecule has 1 amide bonds. The van der Waals surface area contributed by atoms with Crippen molar-refractivity contribution in [2.24, 2.45) is 0 Å². The number of rotatable bonds is 5. The minimum atomic E-state index is -4.41. The summed E-state index contributed by atoms with van der Waals surface area (Å²) < 4.78 is 41.1. The molecule has 0 aliphatic heterocycles. The molecule has 0 saturated carbocycles. The molecule has 2 aromatic heterocycles. The second kappa shape index (κ2) is 7.61. The van der Waals surface area contributed by atoms with Gasteiger partial charge in [-0.2, -0.15) is 13.2 Å². The summed E-state index contributed by atoms with van der Waals surface area (Å²) in [6.07, 6.45) is -1.59. The Morgan fingerprint density at radius 1 is 1.11 bits per heavy atom. The highest BCUT2D eigenvalue weighted by atomic mass is 19.4. The highest BCUT2D eigenvalue weighted by molar-refractivity contribution is 5.96.